The molecule has 1 saturated heterocycles. The molecule has 140 valence electrons. The first-order valence-corrected chi connectivity index (χ1v) is 10.6. The summed E-state index contributed by atoms with van der Waals surface area (Å²) < 4.78 is 2.43. The maximum Gasteiger partial charge on any atom is 0.213 e. The molecule has 1 fully saturated rings. The van der Waals surface area contributed by atoms with Gasteiger partial charge >= 0.3 is 0 Å². The highest BCUT2D eigenvalue weighted by atomic mass is 15.1. The summed E-state index contributed by atoms with van der Waals surface area (Å²) in [4.78, 5) is 2.53. The number of aromatic nitrogens is 1. The van der Waals surface area contributed by atoms with Gasteiger partial charge < -0.3 is 4.90 Å². The molecular formula is C26H27N2+. The third-order valence-electron chi connectivity index (χ3n) is 6.12. The minimum absolute atomic E-state index is 0.967. The molecular weight excluding hydrogens is 340 g/mol. The zero-order chi connectivity index (χ0) is 18.9. The fraction of sp³-hybridized carbons (Fsp3) is 0.269. The molecule has 1 aromatic heterocycles. The molecule has 0 radical (unpaired) electrons. The van der Waals surface area contributed by atoms with Crippen LogP contribution in [0.1, 0.15) is 26.2 Å². The zero-order valence-electron chi connectivity index (χ0n) is 16.6. The Bertz CT molecular complexity index is 1070. The fourth-order valence-electron chi connectivity index (χ4n) is 4.76. The summed E-state index contributed by atoms with van der Waals surface area (Å²) in [7, 11) is 0. The molecule has 2 heteroatoms. The van der Waals surface area contributed by atoms with Crippen LogP contribution in [0.25, 0.3) is 32.9 Å². The van der Waals surface area contributed by atoms with Crippen LogP contribution < -0.4 is 9.47 Å². The van der Waals surface area contributed by atoms with Gasteiger partial charge in [0, 0.05) is 36.5 Å². The Hall–Kier alpha value is -2.87. The predicted octanol–water partition coefficient (Wildman–Crippen LogP) is 5.96. The van der Waals surface area contributed by atoms with Crippen LogP contribution in [0.15, 0.2) is 72.8 Å². The van der Waals surface area contributed by atoms with Crippen molar-refractivity contribution in [1.29, 1.82) is 0 Å². The van der Waals surface area contributed by atoms with E-state index < -0.39 is 0 Å². The standard InChI is InChI=1S/C26H27N2/c1-2-28-24-12-6-4-10-22(24)26(23-11-5-7-13-25(23)28)20-14-16-21(17-15-20)27-18-8-3-9-19-27/h4-7,10-17H,2-3,8-9,18-19H2,1H3/q+1. The highest BCUT2D eigenvalue weighted by Gasteiger charge is 2.20. The van der Waals surface area contributed by atoms with E-state index in [0.717, 1.165) is 6.54 Å². The van der Waals surface area contributed by atoms with Crippen LogP contribution in [-0.2, 0) is 6.54 Å². The van der Waals surface area contributed by atoms with Gasteiger partial charge in [-0.2, -0.15) is 4.57 Å². The molecule has 0 unspecified atom stereocenters. The van der Waals surface area contributed by atoms with Crippen molar-refractivity contribution in [3.63, 3.8) is 0 Å². The normalized spacial score (nSPS) is 14.7. The highest BCUT2D eigenvalue weighted by molar-refractivity contribution is 6.07. The number of fused-ring (bicyclic) bond motifs is 2. The minimum atomic E-state index is 0.967. The van der Waals surface area contributed by atoms with Crippen molar-refractivity contribution in [1.82, 2.24) is 0 Å². The maximum atomic E-state index is 2.53. The van der Waals surface area contributed by atoms with Crippen molar-refractivity contribution in [3.05, 3.63) is 72.8 Å². The average molecular weight is 368 g/mol. The van der Waals surface area contributed by atoms with Crippen LogP contribution in [0.2, 0.25) is 0 Å². The van der Waals surface area contributed by atoms with Crippen LogP contribution >= 0.6 is 0 Å². The van der Waals surface area contributed by atoms with Gasteiger partial charge in [-0.25, -0.2) is 0 Å². The van der Waals surface area contributed by atoms with E-state index in [4.69, 9.17) is 0 Å². The van der Waals surface area contributed by atoms with Crippen molar-refractivity contribution < 1.29 is 4.57 Å². The summed E-state index contributed by atoms with van der Waals surface area (Å²) in [5, 5.41) is 2.66. The largest absolute Gasteiger partial charge is 0.372 e. The topological polar surface area (TPSA) is 7.12 Å². The van der Waals surface area contributed by atoms with Gasteiger partial charge in [0.2, 0.25) is 11.0 Å². The number of para-hydroxylation sites is 2. The second kappa shape index (κ2) is 7.27. The van der Waals surface area contributed by atoms with E-state index in [9.17, 15) is 0 Å². The first-order chi connectivity index (χ1) is 13.9. The van der Waals surface area contributed by atoms with Gasteiger partial charge in [-0.15, -0.1) is 0 Å². The van der Waals surface area contributed by atoms with Gasteiger partial charge in [-0.05, 0) is 56.0 Å². The van der Waals surface area contributed by atoms with Crippen LogP contribution in [-0.4, -0.2) is 13.1 Å². The molecule has 0 aliphatic carbocycles. The van der Waals surface area contributed by atoms with E-state index in [1.54, 1.807) is 0 Å². The molecule has 2 heterocycles. The Morgan fingerprint density at radius 1 is 0.714 bits per heavy atom. The van der Waals surface area contributed by atoms with Crippen LogP contribution in [0.4, 0.5) is 5.69 Å². The summed E-state index contributed by atoms with van der Waals surface area (Å²) in [6.07, 6.45) is 3.99. The molecule has 0 spiro atoms. The number of rotatable bonds is 3. The Morgan fingerprint density at radius 2 is 1.29 bits per heavy atom. The molecule has 0 amide bonds. The van der Waals surface area contributed by atoms with E-state index in [2.05, 4.69) is 89.2 Å². The lowest BCUT2D eigenvalue weighted by Crippen LogP contribution is -2.34. The van der Waals surface area contributed by atoms with Crippen LogP contribution in [0.5, 0.6) is 0 Å². The first-order valence-electron chi connectivity index (χ1n) is 10.6. The Labute approximate surface area is 167 Å². The third-order valence-corrected chi connectivity index (χ3v) is 6.12. The average Bonchev–Trinajstić information content (AvgIpc) is 2.78. The van der Waals surface area contributed by atoms with Crippen molar-refractivity contribution >= 4 is 27.5 Å². The summed E-state index contributed by atoms with van der Waals surface area (Å²) in [5.41, 5.74) is 6.62. The lowest BCUT2D eigenvalue weighted by atomic mass is 9.95. The number of piperidine rings is 1. The molecule has 4 aromatic rings. The predicted molar refractivity (Wildman–Crippen MR) is 119 cm³/mol. The minimum Gasteiger partial charge on any atom is -0.372 e. The van der Waals surface area contributed by atoms with Gasteiger partial charge in [-0.3, -0.25) is 0 Å². The number of nitrogens with zero attached hydrogens (tertiary/aromatic N) is 2. The molecule has 0 bridgehead atoms. The Morgan fingerprint density at radius 3 is 1.86 bits per heavy atom. The van der Waals surface area contributed by atoms with Gasteiger partial charge in [0.15, 0.2) is 0 Å². The molecule has 1 aliphatic heterocycles. The second-order valence-corrected chi connectivity index (χ2v) is 7.75. The molecule has 28 heavy (non-hydrogen) atoms. The summed E-state index contributed by atoms with van der Waals surface area (Å²) in [5.74, 6) is 0. The molecule has 2 nitrogen and oxygen atoms in total. The summed E-state index contributed by atoms with van der Waals surface area (Å²) in [6.45, 7) is 5.57. The monoisotopic (exact) mass is 367 g/mol. The van der Waals surface area contributed by atoms with Gasteiger partial charge in [0.05, 0.1) is 10.8 Å². The third kappa shape index (κ3) is 2.84. The van der Waals surface area contributed by atoms with Crippen LogP contribution in [0.3, 0.4) is 0 Å². The molecule has 5 rings (SSSR count). The van der Waals surface area contributed by atoms with Crippen LogP contribution in [0, 0.1) is 0 Å². The number of hydrogen-bond acceptors (Lipinski definition) is 1. The van der Waals surface area contributed by atoms with E-state index >= 15 is 0 Å². The van der Waals surface area contributed by atoms with Crippen molar-refractivity contribution in [3.8, 4) is 11.1 Å². The SMILES string of the molecule is CC[n+]1c2ccccc2c(-c2ccc(N3CCCCC3)cc2)c2ccccc21. The van der Waals surface area contributed by atoms with Crippen molar-refractivity contribution in [2.24, 2.45) is 0 Å². The number of hydrogen-bond donors (Lipinski definition) is 0. The molecule has 0 N–H and O–H groups in total. The quantitative estimate of drug-likeness (QED) is 0.320. The lowest BCUT2D eigenvalue weighted by molar-refractivity contribution is -0.641. The number of benzene rings is 3. The zero-order valence-corrected chi connectivity index (χ0v) is 16.6. The Balaban J connectivity index is 1.71. The number of aryl methyl sites for hydroxylation is 1. The summed E-state index contributed by atoms with van der Waals surface area (Å²) >= 11 is 0. The van der Waals surface area contributed by atoms with Crippen molar-refractivity contribution in [2.45, 2.75) is 32.7 Å². The van der Waals surface area contributed by atoms with E-state index in [1.807, 2.05) is 0 Å². The number of anilines is 1. The first kappa shape index (κ1) is 17.2. The van der Waals surface area contributed by atoms with E-state index in [0.29, 0.717) is 0 Å². The molecule has 0 atom stereocenters. The number of pyridine rings is 1. The maximum absolute atomic E-state index is 2.53. The highest BCUT2D eigenvalue weighted by Crippen LogP contribution is 2.35. The lowest BCUT2D eigenvalue weighted by Gasteiger charge is -2.29. The van der Waals surface area contributed by atoms with E-state index in [1.165, 1.54) is 71.0 Å². The molecule has 1 aliphatic rings. The fourth-order valence-corrected chi connectivity index (χ4v) is 4.76. The van der Waals surface area contributed by atoms with Gasteiger partial charge in [0.1, 0.15) is 6.54 Å². The van der Waals surface area contributed by atoms with E-state index in [-0.39, 0.29) is 0 Å². The summed E-state index contributed by atoms with van der Waals surface area (Å²) in [6, 6.07) is 26.9. The van der Waals surface area contributed by atoms with Crippen molar-refractivity contribution in [2.75, 3.05) is 18.0 Å². The molecule has 0 saturated carbocycles. The van der Waals surface area contributed by atoms with Gasteiger partial charge in [0.25, 0.3) is 0 Å². The van der Waals surface area contributed by atoms with Gasteiger partial charge in [-0.1, -0.05) is 36.4 Å². The Kier molecular flexibility index (Phi) is 4.48. The molecule has 3 aromatic carbocycles. The second-order valence-electron chi connectivity index (χ2n) is 7.75. The smallest absolute Gasteiger partial charge is 0.213 e.